The second kappa shape index (κ2) is 7.46. The molecule has 0 bridgehead atoms. The molecule has 2 aliphatic rings. The fraction of sp³-hybridized carbons (Fsp3) is 1.00. The van der Waals surface area contributed by atoms with Gasteiger partial charge in [-0.25, -0.2) is 0 Å². The van der Waals surface area contributed by atoms with Crippen LogP contribution in [0.4, 0.5) is 0 Å². The summed E-state index contributed by atoms with van der Waals surface area (Å²) >= 11 is 0. The van der Waals surface area contributed by atoms with Gasteiger partial charge in [0.05, 0.1) is 18.3 Å². The Morgan fingerprint density at radius 3 is 2.89 bits per heavy atom. The Hall–Kier alpha value is -0.120. The molecule has 3 heteroatoms. The zero-order chi connectivity index (χ0) is 12.8. The van der Waals surface area contributed by atoms with E-state index in [1.165, 1.54) is 38.5 Å². The van der Waals surface area contributed by atoms with Gasteiger partial charge in [-0.2, -0.15) is 0 Å². The molecule has 106 valence electrons. The van der Waals surface area contributed by atoms with Crippen LogP contribution in [0.5, 0.6) is 0 Å². The summed E-state index contributed by atoms with van der Waals surface area (Å²) in [6.07, 6.45) is 8.90. The standard InChI is InChI=1S/C15H29NO2/c1-12-5-3-6-14(9-12)18-13(2)10-16-11-15-7-4-8-17-15/h12-16H,3-11H2,1-2H3. The summed E-state index contributed by atoms with van der Waals surface area (Å²) in [6.45, 7) is 7.40. The first-order valence-electron chi connectivity index (χ1n) is 7.72. The van der Waals surface area contributed by atoms with Gasteiger partial charge in [-0.3, -0.25) is 0 Å². The summed E-state index contributed by atoms with van der Waals surface area (Å²) in [4.78, 5) is 0. The summed E-state index contributed by atoms with van der Waals surface area (Å²) in [7, 11) is 0. The van der Waals surface area contributed by atoms with Crippen LogP contribution in [0.25, 0.3) is 0 Å². The Kier molecular flexibility index (Phi) is 5.93. The Balaban J connectivity index is 1.55. The van der Waals surface area contributed by atoms with E-state index < -0.39 is 0 Å². The van der Waals surface area contributed by atoms with Crippen molar-refractivity contribution in [3.8, 4) is 0 Å². The fourth-order valence-corrected chi connectivity index (χ4v) is 3.13. The first kappa shape index (κ1) is 14.3. The van der Waals surface area contributed by atoms with Crippen molar-refractivity contribution in [2.24, 2.45) is 5.92 Å². The smallest absolute Gasteiger partial charge is 0.0700 e. The van der Waals surface area contributed by atoms with Gasteiger partial charge in [0.1, 0.15) is 0 Å². The van der Waals surface area contributed by atoms with Crippen LogP contribution in [-0.2, 0) is 9.47 Å². The van der Waals surface area contributed by atoms with Crippen LogP contribution in [0.1, 0.15) is 52.4 Å². The van der Waals surface area contributed by atoms with E-state index in [1.54, 1.807) is 0 Å². The molecule has 4 atom stereocenters. The first-order chi connectivity index (χ1) is 8.74. The lowest BCUT2D eigenvalue weighted by Crippen LogP contribution is -2.35. The zero-order valence-electron chi connectivity index (χ0n) is 12.0. The topological polar surface area (TPSA) is 30.5 Å². The molecule has 0 aromatic carbocycles. The maximum Gasteiger partial charge on any atom is 0.0700 e. The van der Waals surface area contributed by atoms with Gasteiger partial charge in [0.2, 0.25) is 0 Å². The van der Waals surface area contributed by atoms with Crippen molar-refractivity contribution in [2.75, 3.05) is 19.7 Å². The second-order valence-electron chi connectivity index (χ2n) is 6.13. The van der Waals surface area contributed by atoms with Crippen LogP contribution in [0, 0.1) is 5.92 Å². The van der Waals surface area contributed by atoms with E-state index >= 15 is 0 Å². The highest BCUT2D eigenvalue weighted by atomic mass is 16.5. The van der Waals surface area contributed by atoms with Crippen molar-refractivity contribution in [2.45, 2.75) is 70.7 Å². The molecule has 0 aromatic heterocycles. The van der Waals surface area contributed by atoms with E-state index in [0.29, 0.717) is 18.3 Å². The highest BCUT2D eigenvalue weighted by Crippen LogP contribution is 2.26. The molecular formula is C15H29NO2. The molecule has 4 unspecified atom stereocenters. The van der Waals surface area contributed by atoms with E-state index in [9.17, 15) is 0 Å². The van der Waals surface area contributed by atoms with E-state index in [2.05, 4.69) is 19.2 Å². The van der Waals surface area contributed by atoms with Gasteiger partial charge in [0.15, 0.2) is 0 Å². The third-order valence-electron chi connectivity index (χ3n) is 4.14. The number of rotatable bonds is 6. The van der Waals surface area contributed by atoms with Crippen molar-refractivity contribution < 1.29 is 9.47 Å². The van der Waals surface area contributed by atoms with Gasteiger partial charge in [0.25, 0.3) is 0 Å². The van der Waals surface area contributed by atoms with Gasteiger partial charge in [-0.15, -0.1) is 0 Å². The fourth-order valence-electron chi connectivity index (χ4n) is 3.13. The van der Waals surface area contributed by atoms with Gasteiger partial charge in [-0.05, 0) is 38.5 Å². The third-order valence-corrected chi connectivity index (χ3v) is 4.14. The van der Waals surface area contributed by atoms with Crippen LogP contribution in [0.2, 0.25) is 0 Å². The highest BCUT2D eigenvalue weighted by Gasteiger charge is 2.21. The van der Waals surface area contributed by atoms with Crippen LogP contribution >= 0.6 is 0 Å². The Morgan fingerprint density at radius 1 is 1.28 bits per heavy atom. The van der Waals surface area contributed by atoms with Crippen molar-refractivity contribution in [3.63, 3.8) is 0 Å². The van der Waals surface area contributed by atoms with Gasteiger partial charge >= 0.3 is 0 Å². The minimum Gasteiger partial charge on any atom is -0.377 e. The number of hydrogen-bond donors (Lipinski definition) is 1. The van der Waals surface area contributed by atoms with Gasteiger partial charge in [-0.1, -0.05) is 19.8 Å². The van der Waals surface area contributed by atoms with E-state index in [1.807, 2.05) is 0 Å². The van der Waals surface area contributed by atoms with Crippen LogP contribution < -0.4 is 5.32 Å². The summed E-state index contributed by atoms with van der Waals surface area (Å²) in [5.41, 5.74) is 0. The molecular weight excluding hydrogens is 226 g/mol. The van der Waals surface area contributed by atoms with E-state index in [0.717, 1.165) is 25.6 Å². The van der Waals surface area contributed by atoms with Crippen LogP contribution in [-0.4, -0.2) is 38.0 Å². The normalized spacial score (nSPS) is 34.7. The quantitative estimate of drug-likeness (QED) is 0.791. The monoisotopic (exact) mass is 255 g/mol. The summed E-state index contributed by atoms with van der Waals surface area (Å²) < 4.78 is 11.7. The average molecular weight is 255 g/mol. The minimum absolute atomic E-state index is 0.321. The zero-order valence-corrected chi connectivity index (χ0v) is 12.0. The number of nitrogens with one attached hydrogen (secondary N) is 1. The van der Waals surface area contributed by atoms with E-state index in [4.69, 9.17) is 9.47 Å². The molecule has 3 nitrogen and oxygen atoms in total. The second-order valence-corrected chi connectivity index (χ2v) is 6.13. The van der Waals surface area contributed by atoms with Crippen molar-refractivity contribution in [1.82, 2.24) is 5.32 Å². The van der Waals surface area contributed by atoms with E-state index in [-0.39, 0.29) is 0 Å². The molecule has 1 aliphatic carbocycles. The SMILES string of the molecule is CC1CCCC(OC(C)CNCC2CCCO2)C1. The summed E-state index contributed by atoms with van der Waals surface area (Å²) in [5, 5.41) is 3.48. The Bertz CT molecular complexity index is 229. The van der Waals surface area contributed by atoms with Gasteiger partial charge < -0.3 is 14.8 Å². The largest absolute Gasteiger partial charge is 0.377 e. The summed E-state index contributed by atoms with van der Waals surface area (Å²) in [5.74, 6) is 0.843. The molecule has 1 saturated heterocycles. The molecule has 0 aromatic rings. The van der Waals surface area contributed by atoms with Crippen molar-refractivity contribution >= 4 is 0 Å². The molecule has 1 N–H and O–H groups in total. The maximum absolute atomic E-state index is 6.12. The lowest BCUT2D eigenvalue weighted by molar-refractivity contribution is -0.0302. The highest BCUT2D eigenvalue weighted by molar-refractivity contribution is 4.73. The lowest BCUT2D eigenvalue weighted by atomic mass is 9.88. The van der Waals surface area contributed by atoms with Crippen LogP contribution in [0.3, 0.4) is 0 Å². The lowest BCUT2D eigenvalue weighted by Gasteiger charge is -2.29. The molecule has 18 heavy (non-hydrogen) atoms. The first-order valence-corrected chi connectivity index (χ1v) is 7.72. The molecule has 0 amide bonds. The third kappa shape index (κ3) is 4.87. The molecule has 0 spiro atoms. The predicted octanol–water partition coefficient (Wildman–Crippen LogP) is 2.74. The molecule has 2 fully saturated rings. The van der Waals surface area contributed by atoms with Crippen molar-refractivity contribution in [3.05, 3.63) is 0 Å². The Morgan fingerprint density at radius 2 is 2.17 bits per heavy atom. The van der Waals surface area contributed by atoms with Crippen LogP contribution in [0.15, 0.2) is 0 Å². The summed E-state index contributed by atoms with van der Waals surface area (Å²) in [6, 6.07) is 0. The predicted molar refractivity (Wildman–Crippen MR) is 73.8 cm³/mol. The maximum atomic E-state index is 6.12. The molecule has 0 radical (unpaired) electrons. The molecule has 2 rings (SSSR count). The Labute approximate surface area is 112 Å². The van der Waals surface area contributed by atoms with Crippen molar-refractivity contribution in [1.29, 1.82) is 0 Å². The minimum atomic E-state index is 0.321. The molecule has 1 saturated carbocycles. The number of ether oxygens (including phenoxy) is 2. The average Bonchev–Trinajstić information content (AvgIpc) is 2.82. The van der Waals surface area contributed by atoms with Gasteiger partial charge in [0, 0.05) is 19.7 Å². The molecule has 1 heterocycles. The number of hydrogen-bond acceptors (Lipinski definition) is 3. The molecule has 1 aliphatic heterocycles.